The Morgan fingerprint density at radius 2 is 1.71 bits per heavy atom. The standard InChI is InChI=1S/C19H37NO8/c1-2-3-4-5-6-7-8-9-15(23)26-11-13(22)12-27-19-16(20)18(25)17(24)14(10-21)28-19/h13-14,16-19,21-22,24-25H,2-12,20H2,1H3/t13?,14-,16-,17-,18-,19-/m1/s1. The Bertz CT molecular complexity index is 423. The summed E-state index contributed by atoms with van der Waals surface area (Å²) in [6, 6.07) is -1.04. The third kappa shape index (κ3) is 9.13. The van der Waals surface area contributed by atoms with Crippen LogP contribution in [-0.4, -0.2) is 83.0 Å². The van der Waals surface area contributed by atoms with Crippen LogP contribution in [0.4, 0.5) is 0 Å². The van der Waals surface area contributed by atoms with E-state index in [9.17, 15) is 20.1 Å². The van der Waals surface area contributed by atoms with Gasteiger partial charge in [0.2, 0.25) is 0 Å². The second kappa shape index (κ2) is 14.2. The molecule has 0 saturated carbocycles. The molecule has 1 heterocycles. The minimum Gasteiger partial charge on any atom is -0.463 e. The van der Waals surface area contributed by atoms with Crippen molar-refractivity contribution in [3.63, 3.8) is 0 Å². The first kappa shape index (κ1) is 25.2. The summed E-state index contributed by atoms with van der Waals surface area (Å²) in [4.78, 5) is 11.7. The van der Waals surface area contributed by atoms with Crippen LogP contribution in [0.5, 0.6) is 0 Å². The zero-order valence-electron chi connectivity index (χ0n) is 16.7. The molecule has 0 aromatic rings. The van der Waals surface area contributed by atoms with Crippen molar-refractivity contribution in [2.24, 2.45) is 5.73 Å². The third-order valence-electron chi connectivity index (χ3n) is 4.80. The Morgan fingerprint density at radius 1 is 1.07 bits per heavy atom. The molecule has 0 aliphatic carbocycles. The highest BCUT2D eigenvalue weighted by Crippen LogP contribution is 2.20. The van der Waals surface area contributed by atoms with Crippen LogP contribution in [0, 0.1) is 0 Å². The fourth-order valence-electron chi connectivity index (χ4n) is 3.00. The highest BCUT2D eigenvalue weighted by atomic mass is 16.7. The van der Waals surface area contributed by atoms with Gasteiger partial charge in [0.05, 0.1) is 19.3 Å². The molecule has 0 spiro atoms. The quantitative estimate of drug-likeness (QED) is 0.195. The van der Waals surface area contributed by atoms with E-state index in [1.54, 1.807) is 0 Å². The van der Waals surface area contributed by atoms with Crippen LogP contribution in [0.1, 0.15) is 58.3 Å². The maximum Gasteiger partial charge on any atom is 0.305 e. The summed E-state index contributed by atoms with van der Waals surface area (Å²) in [5.74, 6) is -0.364. The van der Waals surface area contributed by atoms with Crippen LogP contribution in [0.3, 0.4) is 0 Å². The van der Waals surface area contributed by atoms with Crippen LogP contribution in [0.2, 0.25) is 0 Å². The summed E-state index contributed by atoms with van der Waals surface area (Å²) in [6.07, 6.45) is 2.21. The highest BCUT2D eigenvalue weighted by Gasteiger charge is 2.43. The van der Waals surface area contributed by atoms with Gasteiger partial charge in [0.1, 0.15) is 31.0 Å². The highest BCUT2D eigenvalue weighted by molar-refractivity contribution is 5.69. The smallest absolute Gasteiger partial charge is 0.305 e. The molecule has 6 N–H and O–H groups in total. The Hall–Kier alpha value is -0.810. The van der Waals surface area contributed by atoms with Gasteiger partial charge < -0.3 is 40.4 Å². The first-order chi connectivity index (χ1) is 13.4. The van der Waals surface area contributed by atoms with E-state index in [-0.39, 0.29) is 19.2 Å². The number of nitrogens with two attached hydrogens (primary N) is 1. The largest absolute Gasteiger partial charge is 0.463 e. The van der Waals surface area contributed by atoms with E-state index in [0.29, 0.717) is 6.42 Å². The average molecular weight is 408 g/mol. The van der Waals surface area contributed by atoms with Gasteiger partial charge in [-0.2, -0.15) is 0 Å². The van der Waals surface area contributed by atoms with Gasteiger partial charge in [-0.1, -0.05) is 45.4 Å². The Labute approximate surface area is 166 Å². The number of hydrogen-bond donors (Lipinski definition) is 5. The predicted octanol–water partition coefficient (Wildman–Crippen LogP) is -0.186. The number of esters is 1. The number of ether oxygens (including phenoxy) is 3. The fraction of sp³-hybridized carbons (Fsp3) is 0.947. The Morgan fingerprint density at radius 3 is 2.36 bits per heavy atom. The lowest BCUT2D eigenvalue weighted by Crippen LogP contribution is -2.62. The van der Waals surface area contributed by atoms with Gasteiger partial charge in [0, 0.05) is 6.42 Å². The van der Waals surface area contributed by atoms with E-state index < -0.39 is 43.4 Å². The van der Waals surface area contributed by atoms with E-state index in [0.717, 1.165) is 19.3 Å². The van der Waals surface area contributed by atoms with Gasteiger partial charge >= 0.3 is 5.97 Å². The lowest BCUT2D eigenvalue weighted by atomic mass is 9.98. The minimum absolute atomic E-state index is 0.216. The van der Waals surface area contributed by atoms with Gasteiger partial charge in [0.15, 0.2) is 6.29 Å². The molecular formula is C19H37NO8. The number of carbonyl (C=O) groups is 1. The van der Waals surface area contributed by atoms with Crippen molar-refractivity contribution in [3.8, 4) is 0 Å². The molecule has 0 bridgehead atoms. The SMILES string of the molecule is CCCCCCCCCC(=O)OCC(O)CO[C@@H]1O[C@H](CO)[C@@H](O)[C@H](O)[C@H]1N. The minimum atomic E-state index is -1.33. The van der Waals surface area contributed by atoms with E-state index in [1.165, 1.54) is 25.7 Å². The summed E-state index contributed by atoms with van der Waals surface area (Å²) in [5.41, 5.74) is 5.74. The molecule has 28 heavy (non-hydrogen) atoms. The molecule has 1 rings (SSSR count). The molecule has 1 saturated heterocycles. The zero-order chi connectivity index (χ0) is 20.9. The molecular weight excluding hydrogens is 370 g/mol. The molecule has 166 valence electrons. The summed E-state index contributed by atoms with van der Waals surface area (Å²) in [6.45, 7) is 1.21. The third-order valence-corrected chi connectivity index (χ3v) is 4.80. The van der Waals surface area contributed by atoms with Gasteiger partial charge in [-0.05, 0) is 6.42 Å². The topological polar surface area (TPSA) is 152 Å². The molecule has 1 aliphatic heterocycles. The monoisotopic (exact) mass is 407 g/mol. The molecule has 6 atom stereocenters. The van der Waals surface area contributed by atoms with E-state index in [2.05, 4.69) is 6.92 Å². The van der Waals surface area contributed by atoms with E-state index in [1.807, 2.05) is 0 Å². The van der Waals surface area contributed by atoms with Crippen molar-refractivity contribution in [1.82, 2.24) is 0 Å². The van der Waals surface area contributed by atoms with Crippen LogP contribution in [0.15, 0.2) is 0 Å². The molecule has 1 fully saturated rings. The summed E-state index contributed by atoms with van der Waals surface area (Å²) >= 11 is 0. The molecule has 9 heteroatoms. The Kier molecular flexibility index (Phi) is 12.8. The van der Waals surface area contributed by atoms with Crippen molar-refractivity contribution in [2.45, 2.75) is 95.0 Å². The molecule has 0 amide bonds. The van der Waals surface area contributed by atoms with Crippen LogP contribution >= 0.6 is 0 Å². The number of aliphatic hydroxyl groups excluding tert-OH is 4. The predicted molar refractivity (Wildman–Crippen MR) is 101 cm³/mol. The lowest BCUT2D eigenvalue weighted by Gasteiger charge is -2.40. The maximum absolute atomic E-state index is 11.7. The summed E-state index contributed by atoms with van der Waals surface area (Å²) < 4.78 is 15.6. The van der Waals surface area contributed by atoms with Gasteiger partial charge in [0.25, 0.3) is 0 Å². The van der Waals surface area contributed by atoms with Crippen molar-refractivity contribution in [2.75, 3.05) is 19.8 Å². The first-order valence-corrected chi connectivity index (χ1v) is 10.2. The number of rotatable bonds is 14. The van der Waals surface area contributed by atoms with Crippen LogP contribution in [-0.2, 0) is 19.0 Å². The van der Waals surface area contributed by atoms with Crippen molar-refractivity contribution in [3.05, 3.63) is 0 Å². The van der Waals surface area contributed by atoms with E-state index >= 15 is 0 Å². The number of aliphatic hydroxyl groups is 4. The van der Waals surface area contributed by atoms with Gasteiger partial charge in [-0.3, -0.25) is 4.79 Å². The second-order valence-electron chi connectivity index (χ2n) is 7.33. The molecule has 9 nitrogen and oxygen atoms in total. The number of unbranched alkanes of at least 4 members (excludes halogenated alkanes) is 6. The van der Waals surface area contributed by atoms with Crippen LogP contribution in [0.25, 0.3) is 0 Å². The fourth-order valence-corrected chi connectivity index (χ4v) is 3.00. The van der Waals surface area contributed by atoms with E-state index in [4.69, 9.17) is 25.1 Å². The van der Waals surface area contributed by atoms with Gasteiger partial charge in [-0.25, -0.2) is 0 Å². The number of hydrogen-bond acceptors (Lipinski definition) is 9. The zero-order valence-corrected chi connectivity index (χ0v) is 16.7. The molecule has 0 radical (unpaired) electrons. The molecule has 1 aliphatic rings. The second-order valence-corrected chi connectivity index (χ2v) is 7.33. The van der Waals surface area contributed by atoms with Crippen molar-refractivity contribution >= 4 is 5.97 Å². The van der Waals surface area contributed by atoms with Crippen LogP contribution < -0.4 is 5.73 Å². The van der Waals surface area contributed by atoms with Crippen molar-refractivity contribution < 1.29 is 39.4 Å². The maximum atomic E-state index is 11.7. The molecule has 0 aromatic carbocycles. The average Bonchev–Trinajstić information content (AvgIpc) is 2.69. The Balaban J connectivity index is 2.15. The summed E-state index contributed by atoms with van der Waals surface area (Å²) in [7, 11) is 0. The van der Waals surface area contributed by atoms with Crippen molar-refractivity contribution in [1.29, 1.82) is 0 Å². The van der Waals surface area contributed by atoms with Gasteiger partial charge in [-0.15, -0.1) is 0 Å². The summed E-state index contributed by atoms with van der Waals surface area (Å²) in [5, 5.41) is 38.6. The lowest BCUT2D eigenvalue weighted by molar-refractivity contribution is -0.270. The normalized spacial score (nSPS) is 28.9. The molecule has 0 aromatic heterocycles. The molecule has 1 unspecified atom stereocenters. The number of carbonyl (C=O) groups excluding carboxylic acids is 1. The first-order valence-electron chi connectivity index (χ1n) is 10.2.